The lowest BCUT2D eigenvalue weighted by Crippen LogP contribution is -2.58. The number of hydrogen-bond acceptors (Lipinski definition) is 4. The van der Waals surface area contributed by atoms with E-state index >= 15 is 0 Å². The molecule has 1 fully saturated rings. The number of para-hydroxylation sites is 1. The number of rotatable bonds is 2. The van der Waals surface area contributed by atoms with Crippen molar-refractivity contribution in [1.82, 2.24) is 4.90 Å². The third-order valence-electron chi connectivity index (χ3n) is 5.56. The van der Waals surface area contributed by atoms with E-state index in [0.29, 0.717) is 25.1 Å². The minimum absolute atomic E-state index is 0.102. The molecule has 2 aliphatic rings. The van der Waals surface area contributed by atoms with E-state index in [-0.39, 0.29) is 5.91 Å². The molecular formula is C22H24N2O3. The van der Waals surface area contributed by atoms with Crippen LogP contribution in [0.2, 0.25) is 0 Å². The van der Waals surface area contributed by atoms with Crippen LogP contribution in [0.25, 0.3) is 0 Å². The van der Waals surface area contributed by atoms with E-state index in [9.17, 15) is 9.59 Å². The highest BCUT2D eigenvalue weighted by atomic mass is 16.6. The molecule has 2 aromatic carbocycles. The standard InChI is InChI=1S/C22H24N2O3/c1-16-7-3-6-10-19(16)23-11-13-24(14-12-23)21(26)22(2)15-17-8-4-5-9-18(17)20(25)27-22/h3-10H,11-15H2,1-2H3/t22-/m0/s1. The van der Waals surface area contributed by atoms with Crippen molar-refractivity contribution in [1.29, 1.82) is 0 Å². The van der Waals surface area contributed by atoms with Crippen molar-refractivity contribution in [3.8, 4) is 0 Å². The molecule has 2 heterocycles. The smallest absolute Gasteiger partial charge is 0.339 e. The predicted molar refractivity (Wildman–Crippen MR) is 104 cm³/mol. The Hall–Kier alpha value is -2.82. The fourth-order valence-corrected chi connectivity index (χ4v) is 4.06. The van der Waals surface area contributed by atoms with Gasteiger partial charge in [0.1, 0.15) is 0 Å². The summed E-state index contributed by atoms with van der Waals surface area (Å²) >= 11 is 0. The SMILES string of the molecule is Cc1ccccc1N1CCN(C(=O)[C@]2(C)Cc3ccccc3C(=O)O2)CC1. The highest BCUT2D eigenvalue weighted by Gasteiger charge is 2.45. The Morgan fingerprint density at radius 3 is 2.41 bits per heavy atom. The number of cyclic esters (lactones) is 1. The van der Waals surface area contributed by atoms with Crippen molar-refractivity contribution >= 4 is 17.6 Å². The number of nitrogens with zero attached hydrogens (tertiary/aromatic N) is 2. The summed E-state index contributed by atoms with van der Waals surface area (Å²) in [5.41, 5.74) is 2.77. The van der Waals surface area contributed by atoms with E-state index < -0.39 is 11.6 Å². The first-order chi connectivity index (χ1) is 13.0. The molecule has 0 unspecified atom stereocenters. The summed E-state index contributed by atoms with van der Waals surface area (Å²) in [5.74, 6) is -0.513. The molecule has 0 aliphatic carbocycles. The van der Waals surface area contributed by atoms with Crippen LogP contribution in [0.3, 0.4) is 0 Å². The summed E-state index contributed by atoms with van der Waals surface area (Å²) in [6, 6.07) is 15.7. The molecule has 0 radical (unpaired) electrons. The molecule has 1 atom stereocenters. The molecule has 0 aromatic heterocycles. The minimum atomic E-state index is -1.13. The number of benzene rings is 2. The lowest BCUT2D eigenvalue weighted by atomic mass is 9.88. The Kier molecular flexibility index (Phi) is 4.38. The third-order valence-corrected chi connectivity index (χ3v) is 5.56. The normalized spacial score (nSPS) is 22.2. The van der Waals surface area contributed by atoms with Gasteiger partial charge < -0.3 is 14.5 Å². The maximum Gasteiger partial charge on any atom is 0.339 e. The summed E-state index contributed by atoms with van der Waals surface area (Å²) < 4.78 is 5.60. The van der Waals surface area contributed by atoms with Crippen LogP contribution in [-0.2, 0) is 16.0 Å². The van der Waals surface area contributed by atoms with Gasteiger partial charge in [-0.05, 0) is 37.1 Å². The van der Waals surface area contributed by atoms with Crippen molar-refractivity contribution < 1.29 is 14.3 Å². The number of esters is 1. The van der Waals surface area contributed by atoms with E-state index in [1.54, 1.807) is 13.0 Å². The Morgan fingerprint density at radius 2 is 1.67 bits per heavy atom. The van der Waals surface area contributed by atoms with Crippen LogP contribution in [-0.4, -0.2) is 48.6 Å². The third kappa shape index (κ3) is 3.18. The van der Waals surface area contributed by atoms with Crippen LogP contribution in [0.5, 0.6) is 0 Å². The Morgan fingerprint density at radius 1 is 1.00 bits per heavy atom. The van der Waals surface area contributed by atoms with Gasteiger partial charge in [0, 0.05) is 38.3 Å². The Labute approximate surface area is 159 Å². The number of hydrogen-bond donors (Lipinski definition) is 0. The summed E-state index contributed by atoms with van der Waals surface area (Å²) in [6.45, 7) is 6.64. The number of carbonyl (C=O) groups excluding carboxylic acids is 2. The van der Waals surface area contributed by atoms with Gasteiger partial charge in [0.15, 0.2) is 5.60 Å². The molecule has 4 rings (SSSR count). The van der Waals surface area contributed by atoms with E-state index in [2.05, 4.69) is 24.0 Å². The quantitative estimate of drug-likeness (QED) is 0.769. The zero-order chi connectivity index (χ0) is 19.0. The van der Waals surface area contributed by atoms with E-state index in [4.69, 9.17) is 4.74 Å². The molecule has 0 N–H and O–H groups in total. The molecule has 0 bridgehead atoms. The summed E-state index contributed by atoms with van der Waals surface area (Å²) in [6.07, 6.45) is 0.422. The number of aryl methyl sites for hydroxylation is 1. The first-order valence-electron chi connectivity index (χ1n) is 9.39. The van der Waals surface area contributed by atoms with E-state index in [0.717, 1.165) is 18.7 Å². The fourth-order valence-electron chi connectivity index (χ4n) is 4.06. The molecular weight excluding hydrogens is 340 g/mol. The molecule has 140 valence electrons. The lowest BCUT2D eigenvalue weighted by molar-refractivity contribution is -0.151. The summed E-state index contributed by atoms with van der Waals surface area (Å²) in [4.78, 5) is 29.7. The van der Waals surface area contributed by atoms with Gasteiger partial charge in [-0.3, -0.25) is 4.79 Å². The Bertz CT molecular complexity index is 887. The van der Waals surface area contributed by atoms with Gasteiger partial charge in [0.25, 0.3) is 5.91 Å². The second-order valence-corrected chi connectivity index (χ2v) is 7.52. The number of carbonyl (C=O) groups is 2. The van der Waals surface area contributed by atoms with Crippen LogP contribution in [0.4, 0.5) is 5.69 Å². The highest BCUT2D eigenvalue weighted by Crippen LogP contribution is 2.30. The molecule has 5 nitrogen and oxygen atoms in total. The number of piperazine rings is 1. The van der Waals surface area contributed by atoms with E-state index in [1.165, 1.54) is 11.3 Å². The fraction of sp³-hybridized carbons (Fsp3) is 0.364. The molecule has 1 saturated heterocycles. The van der Waals surface area contributed by atoms with Crippen molar-refractivity contribution in [2.24, 2.45) is 0 Å². The predicted octanol–water partition coefficient (Wildman–Crippen LogP) is 2.82. The molecule has 2 aromatic rings. The second-order valence-electron chi connectivity index (χ2n) is 7.52. The van der Waals surface area contributed by atoms with Gasteiger partial charge in [-0.2, -0.15) is 0 Å². The van der Waals surface area contributed by atoms with E-state index in [1.807, 2.05) is 35.2 Å². The van der Waals surface area contributed by atoms with Crippen LogP contribution in [0.1, 0.15) is 28.4 Å². The van der Waals surface area contributed by atoms with Crippen molar-refractivity contribution in [2.75, 3.05) is 31.1 Å². The molecule has 1 amide bonds. The maximum atomic E-state index is 13.2. The molecule has 2 aliphatic heterocycles. The zero-order valence-corrected chi connectivity index (χ0v) is 15.8. The monoisotopic (exact) mass is 364 g/mol. The number of anilines is 1. The highest BCUT2D eigenvalue weighted by molar-refractivity contribution is 5.97. The number of ether oxygens (including phenoxy) is 1. The van der Waals surface area contributed by atoms with Gasteiger partial charge in [-0.25, -0.2) is 4.79 Å². The molecule has 0 spiro atoms. The second kappa shape index (κ2) is 6.72. The zero-order valence-electron chi connectivity index (χ0n) is 15.8. The summed E-state index contributed by atoms with van der Waals surface area (Å²) in [5, 5.41) is 0. The average molecular weight is 364 g/mol. The number of fused-ring (bicyclic) bond motifs is 1. The molecule has 0 saturated carbocycles. The van der Waals surface area contributed by atoms with Gasteiger partial charge >= 0.3 is 5.97 Å². The van der Waals surface area contributed by atoms with Gasteiger partial charge in [0.2, 0.25) is 0 Å². The van der Waals surface area contributed by atoms with Crippen LogP contribution >= 0.6 is 0 Å². The minimum Gasteiger partial charge on any atom is -0.445 e. The average Bonchev–Trinajstić information content (AvgIpc) is 2.68. The van der Waals surface area contributed by atoms with Crippen molar-refractivity contribution in [3.05, 3.63) is 65.2 Å². The first-order valence-corrected chi connectivity index (χ1v) is 9.39. The van der Waals surface area contributed by atoms with Crippen LogP contribution < -0.4 is 4.90 Å². The van der Waals surface area contributed by atoms with Gasteiger partial charge in [-0.1, -0.05) is 36.4 Å². The molecule has 5 heteroatoms. The maximum absolute atomic E-state index is 13.2. The molecule has 27 heavy (non-hydrogen) atoms. The first kappa shape index (κ1) is 17.6. The number of amides is 1. The Balaban J connectivity index is 1.47. The van der Waals surface area contributed by atoms with Crippen molar-refractivity contribution in [3.63, 3.8) is 0 Å². The van der Waals surface area contributed by atoms with Crippen LogP contribution in [0.15, 0.2) is 48.5 Å². The van der Waals surface area contributed by atoms with Gasteiger partial charge in [0.05, 0.1) is 5.56 Å². The van der Waals surface area contributed by atoms with Gasteiger partial charge in [-0.15, -0.1) is 0 Å². The topological polar surface area (TPSA) is 49.9 Å². The largest absolute Gasteiger partial charge is 0.445 e. The summed E-state index contributed by atoms with van der Waals surface area (Å²) in [7, 11) is 0. The van der Waals surface area contributed by atoms with Crippen LogP contribution in [0, 0.1) is 6.92 Å². The van der Waals surface area contributed by atoms with Crippen molar-refractivity contribution in [2.45, 2.75) is 25.9 Å². The lowest BCUT2D eigenvalue weighted by Gasteiger charge is -2.41.